The number of anilines is 1. The predicted molar refractivity (Wildman–Crippen MR) is 130 cm³/mol. The first-order valence-electron chi connectivity index (χ1n) is 12.3. The zero-order valence-corrected chi connectivity index (χ0v) is 19.7. The van der Waals surface area contributed by atoms with E-state index < -0.39 is 0 Å². The van der Waals surface area contributed by atoms with Gasteiger partial charge in [0.15, 0.2) is 0 Å². The van der Waals surface area contributed by atoms with E-state index in [0.29, 0.717) is 24.9 Å². The van der Waals surface area contributed by atoms with Gasteiger partial charge in [-0.25, -0.2) is 9.37 Å². The number of halogens is 1. The molecule has 1 N–H and O–H groups in total. The van der Waals surface area contributed by atoms with Crippen LogP contribution in [0.25, 0.3) is 0 Å². The third-order valence-corrected chi connectivity index (χ3v) is 6.86. The standard InChI is InChI=1S/C26H34FN5O2/c27-23-6-2-1-5-21(23)8-13-29-26(34)22-9-14-30(15-10-22)16-11-25(33)32-19-17-31(18-20-32)24-7-3-4-12-28-24/h1-7,12,22H,8-11,13-20H2,(H,29,34). The highest BCUT2D eigenvalue weighted by Gasteiger charge is 2.26. The second-order valence-corrected chi connectivity index (χ2v) is 9.05. The highest BCUT2D eigenvalue weighted by molar-refractivity contribution is 5.78. The van der Waals surface area contributed by atoms with E-state index in [2.05, 4.69) is 20.1 Å². The molecule has 0 radical (unpaired) electrons. The monoisotopic (exact) mass is 467 g/mol. The zero-order valence-electron chi connectivity index (χ0n) is 19.7. The van der Waals surface area contributed by atoms with Gasteiger partial charge in [-0.2, -0.15) is 0 Å². The lowest BCUT2D eigenvalue weighted by molar-refractivity contribution is -0.132. The van der Waals surface area contributed by atoms with Crippen LogP contribution in [0.15, 0.2) is 48.7 Å². The van der Waals surface area contributed by atoms with E-state index in [1.54, 1.807) is 18.3 Å². The van der Waals surface area contributed by atoms with Crippen molar-refractivity contribution in [2.24, 2.45) is 5.92 Å². The summed E-state index contributed by atoms with van der Waals surface area (Å²) in [4.78, 5) is 36.0. The Morgan fingerprint density at radius 1 is 0.971 bits per heavy atom. The molecule has 2 saturated heterocycles. The van der Waals surface area contributed by atoms with Gasteiger partial charge in [-0.1, -0.05) is 24.3 Å². The maximum atomic E-state index is 13.7. The number of nitrogens with one attached hydrogen (secondary N) is 1. The average molecular weight is 468 g/mol. The minimum absolute atomic E-state index is 0.00718. The number of benzene rings is 1. The van der Waals surface area contributed by atoms with Crippen molar-refractivity contribution in [3.63, 3.8) is 0 Å². The largest absolute Gasteiger partial charge is 0.356 e. The molecule has 0 spiro atoms. The Bertz CT molecular complexity index is 941. The van der Waals surface area contributed by atoms with Crippen LogP contribution in [-0.2, 0) is 16.0 Å². The van der Waals surface area contributed by atoms with Crippen molar-refractivity contribution >= 4 is 17.6 Å². The van der Waals surface area contributed by atoms with Gasteiger partial charge in [0.05, 0.1) is 0 Å². The highest BCUT2D eigenvalue weighted by Crippen LogP contribution is 2.18. The Morgan fingerprint density at radius 2 is 1.71 bits per heavy atom. The SMILES string of the molecule is O=C(NCCc1ccccc1F)C1CCN(CCC(=O)N2CCN(c3ccccn3)CC2)CC1. The molecule has 34 heavy (non-hydrogen) atoms. The molecule has 0 atom stereocenters. The number of aromatic nitrogens is 1. The number of carbonyl (C=O) groups excluding carboxylic acids is 2. The number of rotatable bonds is 8. The van der Waals surface area contributed by atoms with Gasteiger partial charge in [0.1, 0.15) is 11.6 Å². The summed E-state index contributed by atoms with van der Waals surface area (Å²) in [6.07, 6.45) is 4.40. The van der Waals surface area contributed by atoms with Crippen LogP contribution in [0.4, 0.5) is 10.2 Å². The predicted octanol–water partition coefficient (Wildman–Crippen LogP) is 2.33. The summed E-state index contributed by atoms with van der Waals surface area (Å²) in [6, 6.07) is 12.6. The maximum absolute atomic E-state index is 13.7. The fourth-order valence-electron chi connectivity index (χ4n) is 4.72. The van der Waals surface area contributed by atoms with E-state index in [-0.39, 0.29) is 23.5 Å². The van der Waals surface area contributed by atoms with E-state index >= 15 is 0 Å². The molecule has 0 saturated carbocycles. The maximum Gasteiger partial charge on any atom is 0.223 e. The summed E-state index contributed by atoms with van der Waals surface area (Å²) in [5.41, 5.74) is 0.625. The van der Waals surface area contributed by atoms with Gasteiger partial charge < -0.3 is 20.0 Å². The number of nitrogens with zero attached hydrogens (tertiary/aromatic N) is 4. The summed E-state index contributed by atoms with van der Waals surface area (Å²) >= 11 is 0. The highest BCUT2D eigenvalue weighted by atomic mass is 19.1. The molecule has 2 fully saturated rings. The summed E-state index contributed by atoms with van der Waals surface area (Å²) in [5, 5.41) is 2.96. The van der Waals surface area contributed by atoms with Crippen molar-refractivity contribution in [1.29, 1.82) is 0 Å². The topological polar surface area (TPSA) is 68.8 Å². The lowest BCUT2D eigenvalue weighted by Crippen LogP contribution is -2.49. The molecule has 1 aromatic heterocycles. The normalized spacial score (nSPS) is 17.6. The van der Waals surface area contributed by atoms with E-state index in [9.17, 15) is 14.0 Å². The number of pyridine rings is 1. The minimum Gasteiger partial charge on any atom is -0.356 e. The molecule has 0 aliphatic carbocycles. The first-order chi connectivity index (χ1) is 16.6. The van der Waals surface area contributed by atoms with Gasteiger partial charge >= 0.3 is 0 Å². The molecule has 2 aromatic rings. The van der Waals surface area contributed by atoms with Gasteiger partial charge in [-0.15, -0.1) is 0 Å². The smallest absolute Gasteiger partial charge is 0.223 e. The number of piperidine rings is 1. The van der Waals surface area contributed by atoms with Crippen LogP contribution < -0.4 is 10.2 Å². The van der Waals surface area contributed by atoms with Crippen molar-refractivity contribution in [2.75, 3.05) is 57.3 Å². The van der Waals surface area contributed by atoms with Crippen LogP contribution in [0.3, 0.4) is 0 Å². The van der Waals surface area contributed by atoms with Gasteiger partial charge in [-0.05, 0) is 56.1 Å². The molecular formula is C26H34FN5O2. The number of hydrogen-bond acceptors (Lipinski definition) is 5. The van der Waals surface area contributed by atoms with Crippen LogP contribution in [0.2, 0.25) is 0 Å². The molecule has 4 rings (SSSR count). The third kappa shape index (κ3) is 6.53. The summed E-state index contributed by atoms with van der Waals surface area (Å²) in [7, 11) is 0. The molecule has 1 aromatic carbocycles. The zero-order chi connectivity index (χ0) is 23.8. The van der Waals surface area contributed by atoms with E-state index in [4.69, 9.17) is 0 Å². The fraction of sp³-hybridized carbons (Fsp3) is 0.500. The first kappa shape index (κ1) is 24.1. The van der Waals surface area contributed by atoms with E-state index in [0.717, 1.165) is 64.5 Å². The van der Waals surface area contributed by atoms with Crippen LogP contribution in [-0.4, -0.2) is 79.0 Å². The second-order valence-electron chi connectivity index (χ2n) is 9.05. The summed E-state index contributed by atoms with van der Waals surface area (Å²) in [6.45, 7) is 5.90. The van der Waals surface area contributed by atoms with Gasteiger partial charge in [-0.3, -0.25) is 9.59 Å². The van der Waals surface area contributed by atoms with Gasteiger partial charge in [0.25, 0.3) is 0 Å². The van der Waals surface area contributed by atoms with Crippen LogP contribution in [0.5, 0.6) is 0 Å². The van der Waals surface area contributed by atoms with Crippen molar-refractivity contribution in [3.05, 3.63) is 60.0 Å². The van der Waals surface area contributed by atoms with Crippen molar-refractivity contribution in [2.45, 2.75) is 25.7 Å². The Hall–Kier alpha value is -3.00. The third-order valence-electron chi connectivity index (χ3n) is 6.86. The fourth-order valence-corrected chi connectivity index (χ4v) is 4.72. The summed E-state index contributed by atoms with van der Waals surface area (Å²) in [5.74, 6) is 0.988. The van der Waals surface area contributed by atoms with Crippen LogP contribution in [0.1, 0.15) is 24.8 Å². The van der Waals surface area contributed by atoms with E-state index in [1.807, 2.05) is 29.2 Å². The Kier molecular flexibility index (Phi) is 8.46. The molecule has 3 heterocycles. The molecule has 7 nitrogen and oxygen atoms in total. The van der Waals surface area contributed by atoms with Gasteiger partial charge in [0.2, 0.25) is 11.8 Å². The minimum atomic E-state index is -0.227. The Morgan fingerprint density at radius 3 is 2.41 bits per heavy atom. The average Bonchev–Trinajstić information content (AvgIpc) is 2.89. The van der Waals surface area contributed by atoms with Crippen LogP contribution in [0, 0.1) is 11.7 Å². The summed E-state index contributed by atoms with van der Waals surface area (Å²) < 4.78 is 13.7. The number of carbonyl (C=O) groups is 2. The molecule has 2 amide bonds. The molecule has 182 valence electrons. The molecule has 2 aliphatic heterocycles. The number of amides is 2. The lowest BCUT2D eigenvalue weighted by Gasteiger charge is -2.36. The van der Waals surface area contributed by atoms with Gasteiger partial charge in [0, 0.05) is 57.8 Å². The quantitative estimate of drug-likeness (QED) is 0.646. The first-order valence-corrected chi connectivity index (χ1v) is 12.3. The van der Waals surface area contributed by atoms with Crippen LogP contribution >= 0.6 is 0 Å². The lowest BCUT2D eigenvalue weighted by atomic mass is 9.95. The number of piperazine rings is 1. The number of likely N-dealkylation sites (tertiary alicyclic amines) is 1. The Balaban J connectivity index is 1.11. The molecule has 2 aliphatic rings. The molecular weight excluding hydrogens is 433 g/mol. The molecule has 8 heteroatoms. The van der Waals surface area contributed by atoms with Crippen molar-refractivity contribution in [3.8, 4) is 0 Å². The molecule has 0 bridgehead atoms. The van der Waals surface area contributed by atoms with Crippen molar-refractivity contribution < 1.29 is 14.0 Å². The molecule has 0 unspecified atom stereocenters. The second kappa shape index (κ2) is 11.9. The van der Waals surface area contributed by atoms with Crippen molar-refractivity contribution in [1.82, 2.24) is 20.1 Å². The Labute approximate surface area is 200 Å². The number of hydrogen-bond donors (Lipinski definition) is 1. The van der Waals surface area contributed by atoms with E-state index in [1.165, 1.54) is 6.07 Å².